The molecular formula is C27H36N2O7. The Hall–Kier alpha value is -3.04. The first-order valence-electron chi connectivity index (χ1n) is 12.6. The Morgan fingerprint density at radius 1 is 1.17 bits per heavy atom. The van der Waals surface area contributed by atoms with Crippen molar-refractivity contribution in [1.82, 2.24) is 10.2 Å². The van der Waals surface area contributed by atoms with Gasteiger partial charge < -0.3 is 29.4 Å². The SMILES string of the molecule is COc1cc([C@@H](CC(=O)NCC2(N3CCOCC3)CCCCC2)c2oc(C)cc(=O)c2O)ccc1O. The molecule has 196 valence electrons. The number of nitrogens with zero attached hydrogens (tertiary/aromatic N) is 1. The van der Waals surface area contributed by atoms with Crippen molar-refractivity contribution in [2.75, 3.05) is 40.0 Å². The standard InChI is InChI=1S/C27H36N2O7/c1-18-14-22(31)25(33)26(36-18)20(19-6-7-21(30)23(15-19)34-2)16-24(32)28-17-27(8-4-3-5-9-27)29-10-12-35-13-11-29/h6-7,14-15,20,30,33H,3-5,8-13,16-17H2,1-2H3,(H,28,32)/t20-/m1/s1. The van der Waals surface area contributed by atoms with Crippen LogP contribution in [0.15, 0.2) is 33.5 Å². The fourth-order valence-electron chi connectivity index (χ4n) is 5.51. The molecule has 2 heterocycles. The molecule has 0 unspecified atom stereocenters. The van der Waals surface area contributed by atoms with Crippen LogP contribution < -0.4 is 15.5 Å². The first-order valence-corrected chi connectivity index (χ1v) is 12.6. The van der Waals surface area contributed by atoms with E-state index in [0.717, 1.165) is 38.8 Å². The van der Waals surface area contributed by atoms with Crippen molar-refractivity contribution in [2.45, 2.75) is 56.9 Å². The maximum Gasteiger partial charge on any atom is 0.227 e. The van der Waals surface area contributed by atoms with Crippen LogP contribution in [0.1, 0.15) is 61.5 Å². The van der Waals surface area contributed by atoms with Crippen LogP contribution in [-0.4, -0.2) is 66.5 Å². The molecule has 0 radical (unpaired) electrons. The number of morpholine rings is 1. The van der Waals surface area contributed by atoms with Gasteiger partial charge in [0.2, 0.25) is 17.1 Å². The number of benzene rings is 1. The summed E-state index contributed by atoms with van der Waals surface area (Å²) in [6.07, 6.45) is 5.47. The van der Waals surface area contributed by atoms with E-state index in [2.05, 4.69) is 10.2 Å². The van der Waals surface area contributed by atoms with Gasteiger partial charge in [0.15, 0.2) is 17.3 Å². The number of phenols is 1. The van der Waals surface area contributed by atoms with Crippen LogP contribution in [0.5, 0.6) is 17.2 Å². The van der Waals surface area contributed by atoms with Gasteiger partial charge in [-0.2, -0.15) is 0 Å². The van der Waals surface area contributed by atoms with Crippen LogP contribution in [0.2, 0.25) is 0 Å². The molecule has 1 aromatic carbocycles. The van der Waals surface area contributed by atoms with E-state index in [0.29, 0.717) is 31.1 Å². The topological polar surface area (TPSA) is 121 Å². The molecule has 1 amide bonds. The van der Waals surface area contributed by atoms with Crippen molar-refractivity contribution in [3.63, 3.8) is 0 Å². The van der Waals surface area contributed by atoms with Gasteiger partial charge in [0.1, 0.15) is 5.76 Å². The average Bonchev–Trinajstić information content (AvgIpc) is 2.90. The highest BCUT2D eigenvalue weighted by molar-refractivity contribution is 5.77. The van der Waals surface area contributed by atoms with E-state index in [1.165, 1.54) is 25.7 Å². The number of carbonyl (C=O) groups excluding carboxylic acids is 1. The normalized spacial score (nSPS) is 18.9. The number of methoxy groups -OCH3 is 1. The number of hydrogen-bond acceptors (Lipinski definition) is 8. The molecule has 2 fully saturated rings. The van der Waals surface area contributed by atoms with Gasteiger partial charge in [-0.3, -0.25) is 14.5 Å². The molecule has 1 aliphatic heterocycles. The molecule has 1 aromatic heterocycles. The van der Waals surface area contributed by atoms with E-state index in [9.17, 15) is 19.8 Å². The zero-order chi connectivity index (χ0) is 25.7. The quantitative estimate of drug-likeness (QED) is 0.506. The largest absolute Gasteiger partial charge is 0.504 e. The minimum atomic E-state index is -0.752. The van der Waals surface area contributed by atoms with Crippen LogP contribution in [0, 0.1) is 6.92 Å². The van der Waals surface area contributed by atoms with Gasteiger partial charge in [-0.1, -0.05) is 25.3 Å². The van der Waals surface area contributed by atoms with Gasteiger partial charge in [0.05, 0.1) is 26.2 Å². The van der Waals surface area contributed by atoms with E-state index in [1.807, 2.05) is 0 Å². The number of phenolic OH excluding ortho intramolecular Hbond substituents is 1. The number of aromatic hydroxyl groups is 2. The highest BCUT2D eigenvalue weighted by Crippen LogP contribution is 2.38. The lowest BCUT2D eigenvalue weighted by Crippen LogP contribution is -2.59. The van der Waals surface area contributed by atoms with Crippen LogP contribution >= 0.6 is 0 Å². The molecule has 1 atom stereocenters. The fraction of sp³-hybridized carbons (Fsp3) is 0.556. The molecule has 0 spiro atoms. The van der Waals surface area contributed by atoms with E-state index < -0.39 is 17.1 Å². The lowest BCUT2D eigenvalue weighted by atomic mass is 9.79. The molecule has 9 nitrogen and oxygen atoms in total. The fourth-order valence-corrected chi connectivity index (χ4v) is 5.51. The molecule has 4 rings (SSSR count). The Balaban J connectivity index is 1.59. The molecule has 36 heavy (non-hydrogen) atoms. The van der Waals surface area contributed by atoms with E-state index in [1.54, 1.807) is 19.1 Å². The third-order valence-corrected chi connectivity index (χ3v) is 7.47. The van der Waals surface area contributed by atoms with E-state index >= 15 is 0 Å². The number of carbonyl (C=O) groups is 1. The Morgan fingerprint density at radius 2 is 1.89 bits per heavy atom. The summed E-state index contributed by atoms with van der Waals surface area (Å²) in [7, 11) is 1.43. The second-order valence-corrected chi connectivity index (χ2v) is 9.78. The minimum absolute atomic E-state index is 0.0171. The van der Waals surface area contributed by atoms with Crippen molar-refractivity contribution in [1.29, 1.82) is 0 Å². The maximum atomic E-state index is 13.3. The maximum absolute atomic E-state index is 13.3. The summed E-state index contributed by atoms with van der Waals surface area (Å²) >= 11 is 0. The molecule has 1 aliphatic carbocycles. The monoisotopic (exact) mass is 500 g/mol. The predicted molar refractivity (Wildman–Crippen MR) is 134 cm³/mol. The minimum Gasteiger partial charge on any atom is -0.504 e. The van der Waals surface area contributed by atoms with E-state index in [-0.39, 0.29) is 35.1 Å². The van der Waals surface area contributed by atoms with Crippen LogP contribution in [0.4, 0.5) is 0 Å². The number of amides is 1. The molecule has 2 aliphatic rings. The van der Waals surface area contributed by atoms with Crippen molar-refractivity contribution in [3.8, 4) is 17.2 Å². The molecule has 3 N–H and O–H groups in total. The van der Waals surface area contributed by atoms with Crippen LogP contribution in [0.3, 0.4) is 0 Å². The van der Waals surface area contributed by atoms with E-state index in [4.69, 9.17) is 13.9 Å². The second-order valence-electron chi connectivity index (χ2n) is 9.78. The number of nitrogens with one attached hydrogen (secondary N) is 1. The summed E-state index contributed by atoms with van der Waals surface area (Å²) in [5.41, 5.74) is -0.0877. The van der Waals surface area contributed by atoms with Crippen LogP contribution in [-0.2, 0) is 9.53 Å². The number of rotatable bonds is 8. The number of aryl methyl sites for hydroxylation is 1. The van der Waals surface area contributed by atoms with Crippen LogP contribution in [0.25, 0.3) is 0 Å². The average molecular weight is 501 g/mol. The van der Waals surface area contributed by atoms with Gasteiger partial charge in [-0.05, 0) is 37.5 Å². The van der Waals surface area contributed by atoms with Crippen molar-refractivity contribution >= 4 is 5.91 Å². The lowest BCUT2D eigenvalue weighted by molar-refractivity contribution is -0.122. The summed E-state index contributed by atoms with van der Waals surface area (Å²) in [6.45, 7) is 5.26. The van der Waals surface area contributed by atoms with Gasteiger partial charge in [-0.25, -0.2) is 0 Å². The van der Waals surface area contributed by atoms with Gasteiger partial charge in [0, 0.05) is 37.7 Å². The Morgan fingerprint density at radius 3 is 2.58 bits per heavy atom. The van der Waals surface area contributed by atoms with Gasteiger partial charge in [0.25, 0.3) is 0 Å². The number of hydrogen-bond donors (Lipinski definition) is 3. The first-order chi connectivity index (χ1) is 17.3. The molecule has 2 aromatic rings. The smallest absolute Gasteiger partial charge is 0.227 e. The molecule has 9 heteroatoms. The Bertz CT molecular complexity index is 1120. The Labute approximate surface area is 211 Å². The summed E-state index contributed by atoms with van der Waals surface area (Å²) in [5, 5.41) is 23.8. The third kappa shape index (κ3) is 5.68. The second kappa shape index (κ2) is 11.3. The molecule has 0 bridgehead atoms. The first kappa shape index (κ1) is 26.0. The molecule has 1 saturated heterocycles. The summed E-state index contributed by atoms with van der Waals surface area (Å²) < 4.78 is 16.6. The predicted octanol–water partition coefficient (Wildman–Crippen LogP) is 3.04. The lowest BCUT2D eigenvalue weighted by Gasteiger charge is -2.48. The zero-order valence-corrected chi connectivity index (χ0v) is 21.0. The highest BCUT2D eigenvalue weighted by Gasteiger charge is 2.39. The summed E-state index contributed by atoms with van der Waals surface area (Å²) in [4.78, 5) is 28.1. The van der Waals surface area contributed by atoms with Crippen molar-refractivity contribution < 1.29 is 28.9 Å². The van der Waals surface area contributed by atoms with Gasteiger partial charge >= 0.3 is 0 Å². The molecule has 1 saturated carbocycles. The van der Waals surface area contributed by atoms with Crippen molar-refractivity contribution in [2.24, 2.45) is 0 Å². The van der Waals surface area contributed by atoms with Gasteiger partial charge in [-0.15, -0.1) is 0 Å². The summed E-state index contributed by atoms with van der Waals surface area (Å²) in [5.74, 6) is -0.972. The Kier molecular flexibility index (Phi) is 8.21. The summed E-state index contributed by atoms with van der Waals surface area (Å²) in [6, 6.07) is 5.89. The molecular weight excluding hydrogens is 464 g/mol. The highest BCUT2D eigenvalue weighted by atomic mass is 16.5. The van der Waals surface area contributed by atoms with Crippen molar-refractivity contribution in [3.05, 3.63) is 51.6 Å². The number of ether oxygens (including phenoxy) is 2. The third-order valence-electron chi connectivity index (χ3n) is 7.47. The zero-order valence-electron chi connectivity index (χ0n) is 21.0.